The van der Waals surface area contributed by atoms with Gasteiger partial charge in [-0.3, -0.25) is 0 Å². The second-order valence-electron chi connectivity index (χ2n) is 13.1. The molecule has 0 amide bonds. The molecule has 0 saturated carbocycles. The molecular weight excluding hydrogens is 508 g/mol. The van der Waals surface area contributed by atoms with E-state index in [1.165, 1.54) is 46.2 Å². The zero-order chi connectivity index (χ0) is 26.2. The summed E-state index contributed by atoms with van der Waals surface area (Å²) in [4.78, 5) is 0. The van der Waals surface area contributed by atoms with Crippen LogP contribution >= 0.6 is 15.9 Å². The van der Waals surface area contributed by atoms with Gasteiger partial charge in [0, 0.05) is 4.47 Å². The third-order valence-electron chi connectivity index (χ3n) is 8.43. The van der Waals surface area contributed by atoms with Crippen LogP contribution in [0.1, 0.15) is 90.5 Å². The van der Waals surface area contributed by atoms with Gasteiger partial charge in [-0.25, -0.2) is 0 Å². The quantitative estimate of drug-likeness (QED) is 0.255. The van der Waals surface area contributed by atoms with Crippen LogP contribution in [-0.2, 0) is 15.3 Å². The molecule has 0 radical (unpaired) electrons. The highest BCUT2D eigenvalue weighted by Crippen LogP contribution is 2.46. The van der Waals surface area contributed by atoms with Crippen molar-refractivity contribution in [2.24, 2.45) is 0 Å². The molecule has 0 saturated heterocycles. The Bertz CT molecular complexity index is 1130. The van der Waals surface area contributed by atoms with E-state index in [4.69, 9.17) is 4.43 Å². The molecule has 35 heavy (non-hydrogen) atoms. The molecule has 3 heteroatoms. The van der Waals surface area contributed by atoms with Gasteiger partial charge in [0.25, 0.3) is 0 Å². The first-order valence-corrected chi connectivity index (χ1v) is 16.7. The predicted octanol–water partition coefficient (Wildman–Crippen LogP) is 10.3. The van der Waals surface area contributed by atoms with Crippen LogP contribution in [0.5, 0.6) is 0 Å². The highest BCUT2D eigenvalue weighted by atomic mass is 79.9. The first kappa shape index (κ1) is 28.2. The summed E-state index contributed by atoms with van der Waals surface area (Å²) in [6.07, 6.45) is 7.01. The van der Waals surface area contributed by atoms with Crippen molar-refractivity contribution in [3.05, 3.63) is 81.3 Å². The molecule has 2 aromatic carbocycles. The molecule has 3 rings (SSSR count). The van der Waals surface area contributed by atoms with Crippen molar-refractivity contribution in [2.75, 3.05) is 6.61 Å². The van der Waals surface area contributed by atoms with Crippen LogP contribution in [0.3, 0.4) is 0 Å². The largest absolute Gasteiger partial charge is 0.413 e. The van der Waals surface area contributed by atoms with Gasteiger partial charge in [0.1, 0.15) is 0 Å². The number of allylic oxidation sites excluding steroid dienone is 3. The van der Waals surface area contributed by atoms with E-state index in [2.05, 4.69) is 139 Å². The Kier molecular flexibility index (Phi) is 8.16. The van der Waals surface area contributed by atoms with Gasteiger partial charge < -0.3 is 4.43 Å². The lowest BCUT2D eigenvalue weighted by molar-refractivity contribution is 0.332. The van der Waals surface area contributed by atoms with Gasteiger partial charge in [-0.1, -0.05) is 107 Å². The van der Waals surface area contributed by atoms with Gasteiger partial charge >= 0.3 is 0 Å². The van der Waals surface area contributed by atoms with Crippen LogP contribution in [-0.4, -0.2) is 14.9 Å². The minimum Gasteiger partial charge on any atom is -0.413 e. The third kappa shape index (κ3) is 6.48. The van der Waals surface area contributed by atoms with Crippen LogP contribution in [0.4, 0.5) is 0 Å². The van der Waals surface area contributed by atoms with Gasteiger partial charge in [-0.15, -0.1) is 0 Å². The normalized spacial score (nSPS) is 18.4. The maximum Gasteiger partial charge on any atom is 0.192 e. The second-order valence-corrected chi connectivity index (χ2v) is 18.9. The van der Waals surface area contributed by atoms with Crippen LogP contribution in [0.2, 0.25) is 18.1 Å². The van der Waals surface area contributed by atoms with E-state index in [1.54, 1.807) is 0 Å². The summed E-state index contributed by atoms with van der Waals surface area (Å²) in [6, 6.07) is 15.7. The summed E-state index contributed by atoms with van der Waals surface area (Å²) < 4.78 is 7.73. The Hall–Kier alpha value is -1.42. The zero-order valence-electron chi connectivity index (χ0n) is 23.6. The van der Waals surface area contributed by atoms with Crippen molar-refractivity contribution in [1.29, 1.82) is 0 Å². The van der Waals surface area contributed by atoms with E-state index in [-0.39, 0.29) is 15.9 Å². The van der Waals surface area contributed by atoms with Crippen molar-refractivity contribution in [2.45, 2.75) is 97.2 Å². The SMILES string of the molecule is CC(=CC=C(CO[Si](C)(C)C(C)(C)C)c1cccc(Br)c1)c1ccc2c(c1)C(C)(C)CCC2(C)C. The number of hydrogen-bond donors (Lipinski definition) is 0. The fourth-order valence-electron chi connectivity index (χ4n) is 4.55. The van der Waals surface area contributed by atoms with Crippen molar-refractivity contribution in [1.82, 2.24) is 0 Å². The van der Waals surface area contributed by atoms with E-state index in [0.717, 1.165) is 4.47 Å². The highest BCUT2D eigenvalue weighted by Gasteiger charge is 2.38. The van der Waals surface area contributed by atoms with Gasteiger partial charge in [-0.05, 0) is 94.3 Å². The Balaban J connectivity index is 1.98. The molecule has 190 valence electrons. The smallest absolute Gasteiger partial charge is 0.192 e. The molecule has 0 aliphatic heterocycles. The van der Waals surface area contributed by atoms with Gasteiger partial charge in [-0.2, -0.15) is 0 Å². The Morgan fingerprint density at radius 3 is 2.14 bits per heavy atom. The fourth-order valence-corrected chi connectivity index (χ4v) is 5.89. The van der Waals surface area contributed by atoms with Crippen molar-refractivity contribution >= 4 is 35.4 Å². The first-order valence-electron chi connectivity index (χ1n) is 13.0. The number of fused-ring (bicyclic) bond motifs is 1. The molecule has 0 aromatic heterocycles. The Morgan fingerprint density at radius 2 is 1.54 bits per heavy atom. The molecule has 1 aliphatic carbocycles. The number of hydrogen-bond acceptors (Lipinski definition) is 1. The molecule has 0 spiro atoms. The zero-order valence-corrected chi connectivity index (χ0v) is 26.2. The van der Waals surface area contributed by atoms with Crippen molar-refractivity contribution in [3.8, 4) is 0 Å². The molecule has 0 unspecified atom stereocenters. The summed E-state index contributed by atoms with van der Waals surface area (Å²) in [5.74, 6) is 0. The summed E-state index contributed by atoms with van der Waals surface area (Å²) in [5.41, 5.74) is 8.50. The van der Waals surface area contributed by atoms with Crippen LogP contribution in [0, 0.1) is 0 Å². The summed E-state index contributed by atoms with van der Waals surface area (Å²) in [5, 5.41) is 0.185. The molecule has 1 nitrogen and oxygen atoms in total. The summed E-state index contributed by atoms with van der Waals surface area (Å²) in [7, 11) is -1.85. The average molecular weight is 554 g/mol. The Labute approximate surface area is 224 Å². The molecule has 2 aromatic rings. The molecule has 0 bridgehead atoms. The van der Waals surface area contributed by atoms with Crippen LogP contribution in [0.25, 0.3) is 11.1 Å². The maximum atomic E-state index is 6.64. The molecular formula is C32H45BrOSi. The highest BCUT2D eigenvalue weighted by molar-refractivity contribution is 9.10. The van der Waals surface area contributed by atoms with Crippen molar-refractivity contribution < 1.29 is 4.43 Å². The average Bonchev–Trinajstić information content (AvgIpc) is 2.76. The monoisotopic (exact) mass is 552 g/mol. The fraction of sp³-hybridized carbons (Fsp3) is 0.500. The lowest BCUT2D eigenvalue weighted by atomic mass is 9.63. The first-order chi connectivity index (χ1) is 16.0. The number of halogens is 1. The predicted molar refractivity (Wildman–Crippen MR) is 161 cm³/mol. The van der Waals surface area contributed by atoms with E-state index in [0.29, 0.717) is 6.61 Å². The molecule has 1 aliphatic rings. The minimum atomic E-state index is -1.85. The maximum absolute atomic E-state index is 6.64. The number of benzene rings is 2. The third-order valence-corrected chi connectivity index (χ3v) is 13.4. The second kappa shape index (κ2) is 10.1. The van der Waals surface area contributed by atoms with Gasteiger partial charge in [0.05, 0.1) is 6.61 Å². The molecule has 0 N–H and O–H groups in total. The van der Waals surface area contributed by atoms with Gasteiger partial charge in [0.15, 0.2) is 8.32 Å². The summed E-state index contributed by atoms with van der Waals surface area (Å²) >= 11 is 3.65. The van der Waals surface area contributed by atoms with Crippen molar-refractivity contribution in [3.63, 3.8) is 0 Å². The Morgan fingerprint density at radius 1 is 0.914 bits per heavy atom. The van der Waals surface area contributed by atoms with Crippen LogP contribution < -0.4 is 0 Å². The van der Waals surface area contributed by atoms with E-state index in [1.807, 2.05) is 0 Å². The minimum absolute atomic E-state index is 0.185. The topological polar surface area (TPSA) is 9.23 Å². The van der Waals surface area contributed by atoms with E-state index in [9.17, 15) is 0 Å². The van der Waals surface area contributed by atoms with Crippen LogP contribution in [0.15, 0.2) is 59.1 Å². The van der Waals surface area contributed by atoms with Gasteiger partial charge in [0.2, 0.25) is 0 Å². The molecule has 0 fully saturated rings. The lowest BCUT2D eigenvalue weighted by Crippen LogP contribution is -2.41. The molecule has 0 atom stereocenters. The van der Waals surface area contributed by atoms with E-state index < -0.39 is 8.32 Å². The standard InChI is InChI=1S/C32H45BrOSi/c1-23(24-16-17-28-29(21-24)32(7,8)19-18-31(28,5)6)14-15-26(25-12-11-13-27(33)20-25)22-34-35(9,10)30(2,3)4/h11-17,20-21H,18-19,22H2,1-10H3. The molecule has 0 heterocycles. The summed E-state index contributed by atoms with van der Waals surface area (Å²) in [6.45, 7) is 24.0. The number of rotatable bonds is 6. The lowest BCUT2D eigenvalue weighted by Gasteiger charge is -2.42. The van der Waals surface area contributed by atoms with E-state index >= 15 is 0 Å².